The van der Waals surface area contributed by atoms with E-state index in [0.717, 1.165) is 16.9 Å². The number of hydrogen-bond donors (Lipinski definition) is 0. The Morgan fingerprint density at radius 1 is 1.04 bits per heavy atom. The van der Waals surface area contributed by atoms with Crippen LogP contribution in [0.2, 0.25) is 0 Å². The molecule has 1 heterocycles. The molecular weight excluding hydrogens is 322 g/mol. The molecule has 0 unspecified atom stereocenters. The maximum atomic E-state index is 12.2. The Morgan fingerprint density at radius 3 is 2.32 bits per heavy atom. The second kappa shape index (κ2) is 6.64. The molecule has 0 atom stereocenters. The Hall–Kier alpha value is -3.35. The van der Waals surface area contributed by atoms with Crippen molar-refractivity contribution in [2.75, 3.05) is 0 Å². The van der Waals surface area contributed by atoms with Crippen molar-refractivity contribution in [1.29, 1.82) is 0 Å². The quantitative estimate of drug-likeness (QED) is 0.411. The number of carbonyl (C=O) groups is 1. The molecule has 7 nitrogen and oxygen atoms in total. The van der Waals surface area contributed by atoms with Gasteiger partial charge in [-0.05, 0) is 49.7 Å². The Bertz CT molecular complexity index is 968. The molecule has 126 valence electrons. The molecule has 0 spiro atoms. The van der Waals surface area contributed by atoms with E-state index in [1.807, 2.05) is 13.8 Å². The van der Waals surface area contributed by atoms with E-state index in [9.17, 15) is 14.9 Å². The summed E-state index contributed by atoms with van der Waals surface area (Å²) in [5.41, 5.74) is 4.06. The van der Waals surface area contributed by atoms with Crippen molar-refractivity contribution in [3.8, 4) is 0 Å². The number of nitro groups is 1. The van der Waals surface area contributed by atoms with Gasteiger partial charge in [0.15, 0.2) is 0 Å². The molecule has 7 heteroatoms. The third-order valence-electron chi connectivity index (χ3n) is 3.83. The molecule has 3 rings (SSSR count). The normalized spacial score (nSPS) is 10.6. The molecule has 0 saturated carbocycles. The number of hydrogen-bond acceptors (Lipinski definition) is 6. The number of aryl methyl sites for hydroxylation is 2. The first-order chi connectivity index (χ1) is 11.9. The van der Waals surface area contributed by atoms with Crippen LogP contribution >= 0.6 is 0 Å². The van der Waals surface area contributed by atoms with Crippen LogP contribution in [-0.2, 0) is 11.3 Å². The van der Waals surface area contributed by atoms with Gasteiger partial charge in [-0.15, -0.1) is 0 Å². The monoisotopic (exact) mass is 337 g/mol. The lowest BCUT2D eigenvalue weighted by Crippen LogP contribution is -2.06. The number of esters is 1. The molecule has 0 saturated heterocycles. The summed E-state index contributed by atoms with van der Waals surface area (Å²) in [7, 11) is 0. The van der Waals surface area contributed by atoms with Gasteiger partial charge in [0.2, 0.25) is 0 Å². The van der Waals surface area contributed by atoms with Crippen molar-refractivity contribution in [2.24, 2.45) is 0 Å². The van der Waals surface area contributed by atoms with Gasteiger partial charge in [-0.1, -0.05) is 0 Å². The summed E-state index contributed by atoms with van der Waals surface area (Å²) in [6.45, 7) is 3.78. The van der Waals surface area contributed by atoms with Gasteiger partial charge < -0.3 is 4.74 Å². The van der Waals surface area contributed by atoms with E-state index >= 15 is 0 Å². The maximum absolute atomic E-state index is 12.2. The first-order valence-electron chi connectivity index (χ1n) is 7.59. The predicted octanol–water partition coefficient (Wildman–Crippen LogP) is 3.51. The predicted molar refractivity (Wildman–Crippen MR) is 91.2 cm³/mol. The number of fused-ring (bicyclic) bond motifs is 1. The third kappa shape index (κ3) is 3.60. The molecule has 25 heavy (non-hydrogen) atoms. The smallest absolute Gasteiger partial charge is 0.338 e. The number of rotatable bonds is 4. The summed E-state index contributed by atoms with van der Waals surface area (Å²) in [4.78, 5) is 31.2. The lowest BCUT2D eigenvalue weighted by molar-refractivity contribution is -0.384. The maximum Gasteiger partial charge on any atom is 0.338 e. The highest BCUT2D eigenvalue weighted by Crippen LogP contribution is 2.17. The second-order valence-corrected chi connectivity index (χ2v) is 5.60. The highest BCUT2D eigenvalue weighted by atomic mass is 16.6. The average molecular weight is 337 g/mol. The highest BCUT2D eigenvalue weighted by molar-refractivity contribution is 5.93. The fourth-order valence-electron chi connectivity index (χ4n) is 2.30. The summed E-state index contributed by atoms with van der Waals surface area (Å²) in [6.07, 6.45) is 0. The number of benzene rings is 2. The van der Waals surface area contributed by atoms with Crippen LogP contribution in [-0.4, -0.2) is 20.9 Å². The van der Waals surface area contributed by atoms with E-state index in [1.54, 1.807) is 30.3 Å². The van der Waals surface area contributed by atoms with Crippen LogP contribution in [0.15, 0.2) is 42.5 Å². The molecule has 0 fully saturated rings. The van der Waals surface area contributed by atoms with Crippen molar-refractivity contribution in [1.82, 2.24) is 9.97 Å². The summed E-state index contributed by atoms with van der Waals surface area (Å²) in [5.74, 6) is -0.486. The summed E-state index contributed by atoms with van der Waals surface area (Å²) in [6, 6.07) is 10.9. The highest BCUT2D eigenvalue weighted by Gasteiger charge is 2.11. The van der Waals surface area contributed by atoms with Crippen molar-refractivity contribution < 1.29 is 14.5 Å². The number of aromatic nitrogens is 2. The van der Waals surface area contributed by atoms with Crippen molar-refractivity contribution in [3.05, 3.63) is 75.1 Å². The SMILES string of the molecule is Cc1nc2ccc(C(=O)OCc3ccc([N+](=O)[O-])cc3)cc2nc1C. The first-order valence-corrected chi connectivity index (χ1v) is 7.59. The number of non-ortho nitro benzene ring substituents is 1. The molecule has 3 aromatic rings. The summed E-state index contributed by atoms with van der Waals surface area (Å²) < 4.78 is 5.26. The Labute approximate surface area is 143 Å². The van der Waals surface area contributed by atoms with Crippen LogP contribution in [0.1, 0.15) is 27.3 Å². The van der Waals surface area contributed by atoms with Crippen LogP contribution in [0.3, 0.4) is 0 Å². The van der Waals surface area contributed by atoms with E-state index in [2.05, 4.69) is 9.97 Å². The molecule has 1 aromatic heterocycles. The molecule has 0 N–H and O–H groups in total. The Morgan fingerprint density at radius 2 is 1.68 bits per heavy atom. The number of nitrogens with zero attached hydrogens (tertiary/aromatic N) is 3. The summed E-state index contributed by atoms with van der Waals surface area (Å²) >= 11 is 0. The minimum atomic E-state index is -0.486. The lowest BCUT2D eigenvalue weighted by atomic mass is 10.2. The van der Waals surface area contributed by atoms with Crippen LogP contribution in [0.4, 0.5) is 5.69 Å². The van der Waals surface area contributed by atoms with Gasteiger partial charge in [0.1, 0.15) is 6.61 Å². The minimum Gasteiger partial charge on any atom is -0.457 e. The molecule has 0 radical (unpaired) electrons. The molecule has 0 aliphatic carbocycles. The third-order valence-corrected chi connectivity index (χ3v) is 3.83. The van der Waals surface area contributed by atoms with Crippen molar-refractivity contribution in [3.63, 3.8) is 0 Å². The molecule has 0 amide bonds. The van der Waals surface area contributed by atoms with Gasteiger partial charge in [0.25, 0.3) is 5.69 Å². The Balaban J connectivity index is 1.73. The molecule has 0 aliphatic rings. The van der Waals surface area contributed by atoms with Gasteiger partial charge in [-0.2, -0.15) is 0 Å². The average Bonchev–Trinajstić information content (AvgIpc) is 2.60. The number of ether oxygens (including phenoxy) is 1. The molecule has 2 aromatic carbocycles. The van der Waals surface area contributed by atoms with Crippen molar-refractivity contribution >= 4 is 22.7 Å². The largest absolute Gasteiger partial charge is 0.457 e. The fourth-order valence-corrected chi connectivity index (χ4v) is 2.30. The zero-order valence-electron chi connectivity index (χ0n) is 13.7. The van der Waals surface area contributed by atoms with Crippen LogP contribution < -0.4 is 0 Å². The van der Waals surface area contributed by atoms with Gasteiger partial charge in [-0.3, -0.25) is 10.1 Å². The van der Waals surface area contributed by atoms with Gasteiger partial charge in [-0.25, -0.2) is 14.8 Å². The lowest BCUT2D eigenvalue weighted by Gasteiger charge is -2.07. The Kier molecular flexibility index (Phi) is 4.38. The van der Waals surface area contributed by atoms with E-state index in [0.29, 0.717) is 16.6 Å². The van der Waals surface area contributed by atoms with E-state index < -0.39 is 10.9 Å². The number of carbonyl (C=O) groups excluding carboxylic acids is 1. The van der Waals surface area contributed by atoms with E-state index in [1.165, 1.54) is 12.1 Å². The summed E-state index contributed by atoms with van der Waals surface area (Å²) in [5, 5.41) is 10.6. The second-order valence-electron chi connectivity index (χ2n) is 5.60. The topological polar surface area (TPSA) is 95.2 Å². The zero-order chi connectivity index (χ0) is 18.0. The van der Waals surface area contributed by atoms with Gasteiger partial charge in [0, 0.05) is 12.1 Å². The number of nitro benzene ring substituents is 1. The molecule has 0 aliphatic heterocycles. The van der Waals surface area contributed by atoms with Gasteiger partial charge in [0.05, 0.1) is 32.9 Å². The van der Waals surface area contributed by atoms with E-state index in [4.69, 9.17) is 4.74 Å². The van der Waals surface area contributed by atoms with Crippen molar-refractivity contribution in [2.45, 2.75) is 20.5 Å². The van der Waals surface area contributed by atoms with E-state index in [-0.39, 0.29) is 12.3 Å². The molecule has 0 bridgehead atoms. The zero-order valence-corrected chi connectivity index (χ0v) is 13.7. The van der Waals surface area contributed by atoms with Gasteiger partial charge >= 0.3 is 5.97 Å². The minimum absolute atomic E-state index is 0.00570. The van der Waals surface area contributed by atoms with Crippen LogP contribution in [0.5, 0.6) is 0 Å². The fraction of sp³-hybridized carbons (Fsp3) is 0.167. The van der Waals surface area contributed by atoms with Crippen LogP contribution in [0, 0.1) is 24.0 Å². The molecular formula is C18H15N3O4. The van der Waals surface area contributed by atoms with Crippen LogP contribution in [0.25, 0.3) is 11.0 Å². The first kappa shape index (κ1) is 16.5. The standard InChI is InChI=1S/C18H15N3O4/c1-11-12(2)20-17-9-14(5-8-16(17)19-11)18(22)25-10-13-3-6-15(7-4-13)21(23)24/h3-9H,10H2,1-2H3.